The smallest absolute Gasteiger partial charge is 0.310 e. The third-order valence-electron chi connectivity index (χ3n) is 4.70. The topological polar surface area (TPSA) is 63.7 Å². The van der Waals surface area contributed by atoms with Gasteiger partial charge < -0.3 is 9.64 Å². The van der Waals surface area contributed by atoms with Crippen LogP contribution in [-0.2, 0) is 14.3 Å². The van der Waals surface area contributed by atoms with E-state index in [0.29, 0.717) is 18.7 Å². The molecule has 1 unspecified atom stereocenters. The van der Waals surface area contributed by atoms with E-state index in [1.165, 1.54) is 7.11 Å². The molecule has 0 radical (unpaired) electrons. The van der Waals surface area contributed by atoms with Crippen molar-refractivity contribution in [2.45, 2.75) is 39.5 Å². The lowest BCUT2D eigenvalue weighted by atomic mass is 9.97. The zero-order valence-corrected chi connectivity index (χ0v) is 14.6. The van der Waals surface area contributed by atoms with Gasteiger partial charge in [0.1, 0.15) is 0 Å². The number of rotatable bonds is 5. The molecular weight excluding hydrogens is 306 g/mol. The number of benzene rings is 1. The van der Waals surface area contributed by atoms with Crippen molar-refractivity contribution >= 4 is 17.7 Å². The Morgan fingerprint density at radius 1 is 1.17 bits per heavy atom. The minimum atomic E-state index is -0.265. The summed E-state index contributed by atoms with van der Waals surface area (Å²) >= 11 is 0. The molecule has 5 heteroatoms. The fourth-order valence-corrected chi connectivity index (χ4v) is 3.00. The average molecular weight is 331 g/mol. The van der Waals surface area contributed by atoms with Crippen molar-refractivity contribution in [2.24, 2.45) is 5.92 Å². The maximum absolute atomic E-state index is 12.3. The van der Waals surface area contributed by atoms with Crippen LogP contribution in [0.1, 0.15) is 47.2 Å². The number of likely N-dealkylation sites (tertiary alicyclic amines) is 1. The van der Waals surface area contributed by atoms with Gasteiger partial charge in [0.2, 0.25) is 5.91 Å². The van der Waals surface area contributed by atoms with Crippen molar-refractivity contribution < 1.29 is 19.1 Å². The van der Waals surface area contributed by atoms with Gasteiger partial charge in [-0.1, -0.05) is 12.1 Å². The quantitative estimate of drug-likeness (QED) is 0.615. The monoisotopic (exact) mass is 331 g/mol. The van der Waals surface area contributed by atoms with Gasteiger partial charge >= 0.3 is 5.97 Å². The Balaban J connectivity index is 1.89. The molecule has 0 saturated carbocycles. The molecule has 1 saturated heterocycles. The highest BCUT2D eigenvalue weighted by Gasteiger charge is 2.29. The Kier molecular flexibility index (Phi) is 6.12. The van der Waals surface area contributed by atoms with E-state index in [1.807, 2.05) is 32.0 Å². The minimum Gasteiger partial charge on any atom is -0.469 e. The number of methoxy groups -OCH3 is 1. The van der Waals surface area contributed by atoms with Crippen LogP contribution < -0.4 is 0 Å². The van der Waals surface area contributed by atoms with E-state index in [4.69, 9.17) is 4.74 Å². The first-order valence-corrected chi connectivity index (χ1v) is 8.38. The van der Waals surface area contributed by atoms with Gasteiger partial charge in [-0.15, -0.1) is 0 Å². The second-order valence-electron chi connectivity index (χ2n) is 6.42. The van der Waals surface area contributed by atoms with Gasteiger partial charge in [0.05, 0.1) is 13.0 Å². The van der Waals surface area contributed by atoms with E-state index >= 15 is 0 Å². The summed E-state index contributed by atoms with van der Waals surface area (Å²) in [6.45, 7) is 5.01. The summed E-state index contributed by atoms with van der Waals surface area (Å²) in [7, 11) is 1.37. The van der Waals surface area contributed by atoms with Gasteiger partial charge in [-0.25, -0.2) is 0 Å². The van der Waals surface area contributed by atoms with Crippen LogP contribution >= 0.6 is 0 Å². The third kappa shape index (κ3) is 4.43. The molecule has 0 aromatic heterocycles. The number of Topliss-reactive ketones (excluding diaryl/α,β-unsaturated/α-hetero) is 1. The fourth-order valence-electron chi connectivity index (χ4n) is 3.00. The van der Waals surface area contributed by atoms with E-state index in [9.17, 15) is 14.4 Å². The van der Waals surface area contributed by atoms with Gasteiger partial charge in [0, 0.05) is 31.5 Å². The standard InChI is InChI=1S/C19H25NO4/c1-13-6-7-15(11-14(13)2)17(21)8-9-18(22)20-10-4-5-16(12-20)19(23)24-3/h6-7,11,16H,4-5,8-10,12H2,1-3H3. The van der Waals surface area contributed by atoms with Gasteiger partial charge in [0.25, 0.3) is 0 Å². The molecule has 1 atom stereocenters. The zero-order valence-electron chi connectivity index (χ0n) is 14.6. The van der Waals surface area contributed by atoms with Gasteiger partial charge in [-0.2, -0.15) is 0 Å². The van der Waals surface area contributed by atoms with Crippen molar-refractivity contribution in [3.05, 3.63) is 34.9 Å². The van der Waals surface area contributed by atoms with Crippen molar-refractivity contribution in [3.8, 4) is 0 Å². The van der Waals surface area contributed by atoms with E-state index in [-0.39, 0.29) is 36.4 Å². The molecule has 1 amide bonds. The van der Waals surface area contributed by atoms with Gasteiger partial charge in [-0.05, 0) is 43.9 Å². The summed E-state index contributed by atoms with van der Waals surface area (Å²) in [6.07, 6.45) is 1.91. The average Bonchev–Trinajstić information content (AvgIpc) is 2.61. The molecule has 24 heavy (non-hydrogen) atoms. The number of hydrogen-bond donors (Lipinski definition) is 0. The first kappa shape index (κ1) is 18.2. The predicted molar refractivity (Wildman–Crippen MR) is 90.8 cm³/mol. The summed E-state index contributed by atoms with van der Waals surface area (Å²) in [5.74, 6) is -0.601. The van der Waals surface area contributed by atoms with Crippen LogP contribution in [0.3, 0.4) is 0 Å². The highest BCUT2D eigenvalue weighted by molar-refractivity contribution is 5.98. The highest BCUT2D eigenvalue weighted by atomic mass is 16.5. The molecular formula is C19H25NO4. The minimum absolute atomic E-state index is 0.0204. The fraction of sp³-hybridized carbons (Fsp3) is 0.526. The Morgan fingerprint density at radius 3 is 2.58 bits per heavy atom. The van der Waals surface area contributed by atoms with Crippen LogP contribution in [0.2, 0.25) is 0 Å². The number of carbonyl (C=O) groups is 3. The molecule has 1 aromatic carbocycles. The number of hydrogen-bond acceptors (Lipinski definition) is 4. The molecule has 5 nitrogen and oxygen atoms in total. The van der Waals surface area contributed by atoms with E-state index in [0.717, 1.165) is 24.0 Å². The van der Waals surface area contributed by atoms with Crippen LogP contribution in [-0.4, -0.2) is 42.8 Å². The summed E-state index contributed by atoms with van der Waals surface area (Å²) < 4.78 is 4.76. The lowest BCUT2D eigenvalue weighted by Gasteiger charge is -2.31. The molecule has 1 heterocycles. The summed E-state index contributed by atoms with van der Waals surface area (Å²) in [4.78, 5) is 37.9. The highest BCUT2D eigenvalue weighted by Crippen LogP contribution is 2.19. The van der Waals surface area contributed by atoms with Crippen molar-refractivity contribution in [2.75, 3.05) is 20.2 Å². The Hall–Kier alpha value is -2.17. The Morgan fingerprint density at radius 2 is 1.92 bits per heavy atom. The van der Waals surface area contributed by atoms with E-state index < -0.39 is 0 Å². The first-order chi connectivity index (χ1) is 11.4. The van der Waals surface area contributed by atoms with Gasteiger partial charge in [-0.3, -0.25) is 14.4 Å². The molecule has 0 bridgehead atoms. The molecule has 0 spiro atoms. The largest absolute Gasteiger partial charge is 0.469 e. The molecule has 0 aliphatic carbocycles. The second-order valence-corrected chi connectivity index (χ2v) is 6.42. The molecule has 0 N–H and O–H groups in total. The molecule has 1 fully saturated rings. The van der Waals surface area contributed by atoms with Gasteiger partial charge in [0.15, 0.2) is 5.78 Å². The summed E-state index contributed by atoms with van der Waals surface area (Å²) in [5.41, 5.74) is 2.87. The number of nitrogens with zero attached hydrogens (tertiary/aromatic N) is 1. The molecule has 1 aliphatic rings. The number of aryl methyl sites for hydroxylation is 2. The lowest BCUT2D eigenvalue weighted by molar-refractivity contribution is -0.149. The van der Waals surface area contributed by atoms with Crippen molar-refractivity contribution in [3.63, 3.8) is 0 Å². The van der Waals surface area contributed by atoms with Crippen LogP contribution in [0.25, 0.3) is 0 Å². The zero-order chi connectivity index (χ0) is 17.7. The SMILES string of the molecule is COC(=O)C1CCCN(C(=O)CCC(=O)c2ccc(C)c(C)c2)C1. The van der Waals surface area contributed by atoms with Crippen LogP contribution in [0.5, 0.6) is 0 Å². The second kappa shape index (κ2) is 8.08. The molecule has 1 aromatic rings. The number of esters is 1. The number of piperidine rings is 1. The maximum Gasteiger partial charge on any atom is 0.310 e. The number of ketones is 1. The maximum atomic E-state index is 12.3. The molecule has 130 valence electrons. The number of ether oxygens (including phenoxy) is 1. The Bertz CT molecular complexity index is 638. The van der Waals surface area contributed by atoms with Crippen LogP contribution in [0, 0.1) is 19.8 Å². The summed E-state index contributed by atoms with van der Waals surface area (Å²) in [5, 5.41) is 0. The van der Waals surface area contributed by atoms with Crippen LogP contribution in [0.15, 0.2) is 18.2 Å². The number of amides is 1. The molecule has 2 rings (SSSR count). The van der Waals surface area contributed by atoms with Crippen molar-refractivity contribution in [1.82, 2.24) is 4.90 Å². The van der Waals surface area contributed by atoms with E-state index in [2.05, 4.69) is 0 Å². The summed E-state index contributed by atoms with van der Waals surface area (Å²) in [6, 6.07) is 5.61. The molecule has 1 aliphatic heterocycles. The lowest BCUT2D eigenvalue weighted by Crippen LogP contribution is -2.42. The van der Waals surface area contributed by atoms with Crippen molar-refractivity contribution in [1.29, 1.82) is 0 Å². The third-order valence-corrected chi connectivity index (χ3v) is 4.70. The normalized spacial score (nSPS) is 17.5. The predicted octanol–water partition coefficient (Wildman–Crippen LogP) is 2.68. The first-order valence-electron chi connectivity index (χ1n) is 8.38. The number of carbonyl (C=O) groups excluding carboxylic acids is 3. The van der Waals surface area contributed by atoms with Crippen LogP contribution in [0.4, 0.5) is 0 Å². The Labute approximate surface area is 143 Å². The van der Waals surface area contributed by atoms with E-state index in [1.54, 1.807) is 4.90 Å².